The number of carbonyl (C=O) groups is 1. The average molecular weight is 282 g/mol. The van der Waals surface area contributed by atoms with Gasteiger partial charge >= 0.3 is 0 Å². The number of aromatic amines is 1. The largest absolute Gasteiger partial charge is 0.347 e. The van der Waals surface area contributed by atoms with E-state index in [2.05, 4.69) is 28.5 Å². The molecule has 1 aromatic heterocycles. The van der Waals surface area contributed by atoms with E-state index in [4.69, 9.17) is 0 Å². The quantitative estimate of drug-likeness (QED) is 0.846. The Hall–Kier alpha value is -1.01. The van der Waals surface area contributed by atoms with Crippen LogP contribution in [-0.2, 0) is 17.8 Å². The first-order valence-corrected chi connectivity index (χ1v) is 8.03. The summed E-state index contributed by atoms with van der Waals surface area (Å²) in [5, 5.41) is 3.29. The Morgan fingerprint density at radius 2 is 2.47 bits per heavy atom. The molecule has 0 fully saturated rings. The van der Waals surface area contributed by atoms with Crippen molar-refractivity contribution < 1.29 is 4.79 Å². The van der Waals surface area contributed by atoms with Gasteiger partial charge in [0.25, 0.3) is 0 Å². The van der Waals surface area contributed by atoms with E-state index in [0.717, 1.165) is 23.6 Å². The molecule has 1 aromatic rings. The average Bonchev–Trinajstić information content (AvgIpc) is 2.90. The molecule has 0 aliphatic carbocycles. The molecule has 1 aliphatic rings. The van der Waals surface area contributed by atoms with Gasteiger partial charge in [0.2, 0.25) is 5.91 Å². The van der Waals surface area contributed by atoms with E-state index in [-0.39, 0.29) is 18.0 Å². The van der Waals surface area contributed by atoms with Gasteiger partial charge < -0.3 is 9.88 Å². The van der Waals surface area contributed by atoms with Gasteiger partial charge in [0, 0.05) is 26.1 Å². The molecule has 2 heterocycles. The van der Waals surface area contributed by atoms with Crippen LogP contribution in [0.2, 0.25) is 0 Å². The molecule has 2 rings (SSSR count). The molecule has 19 heavy (non-hydrogen) atoms. The van der Waals surface area contributed by atoms with E-state index in [1.165, 1.54) is 0 Å². The normalized spacial score (nSPS) is 19.8. The van der Waals surface area contributed by atoms with Crippen LogP contribution in [-0.4, -0.2) is 51.9 Å². The Bertz CT molecular complexity index is 434. The molecule has 0 saturated carbocycles. The van der Waals surface area contributed by atoms with Crippen molar-refractivity contribution in [3.63, 3.8) is 0 Å². The number of hydrogen-bond donors (Lipinski definition) is 2. The molecule has 0 radical (unpaired) electrons. The SMILES string of the molecule is CSCCC(C)N(C)C(=O)C1Cc2nc[nH]c2CN1. The molecule has 1 amide bonds. The van der Waals surface area contributed by atoms with Crippen LogP contribution in [0.1, 0.15) is 24.7 Å². The van der Waals surface area contributed by atoms with Crippen molar-refractivity contribution in [1.82, 2.24) is 20.2 Å². The van der Waals surface area contributed by atoms with Crippen LogP contribution in [0.4, 0.5) is 0 Å². The van der Waals surface area contributed by atoms with Crippen LogP contribution in [0, 0.1) is 0 Å². The molecule has 0 spiro atoms. The van der Waals surface area contributed by atoms with Gasteiger partial charge in [-0.3, -0.25) is 10.1 Å². The minimum atomic E-state index is -0.141. The number of nitrogens with zero attached hydrogens (tertiary/aromatic N) is 2. The highest BCUT2D eigenvalue weighted by atomic mass is 32.2. The summed E-state index contributed by atoms with van der Waals surface area (Å²) in [4.78, 5) is 21.7. The van der Waals surface area contributed by atoms with Gasteiger partial charge in [-0.15, -0.1) is 0 Å². The molecule has 0 saturated heterocycles. The maximum absolute atomic E-state index is 12.5. The number of fused-ring (bicyclic) bond motifs is 1. The lowest BCUT2D eigenvalue weighted by Gasteiger charge is -2.31. The number of carbonyl (C=O) groups excluding carboxylic acids is 1. The highest BCUT2D eigenvalue weighted by molar-refractivity contribution is 7.98. The zero-order valence-corrected chi connectivity index (χ0v) is 12.6. The predicted molar refractivity (Wildman–Crippen MR) is 78.2 cm³/mol. The van der Waals surface area contributed by atoms with E-state index in [9.17, 15) is 4.79 Å². The fraction of sp³-hybridized carbons (Fsp3) is 0.692. The minimum absolute atomic E-state index is 0.141. The zero-order valence-electron chi connectivity index (χ0n) is 11.8. The third kappa shape index (κ3) is 3.30. The Morgan fingerprint density at radius 3 is 3.21 bits per heavy atom. The van der Waals surface area contributed by atoms with Gasteiger partial charge in [-0.25, -0.2) is 4.98 Å². The van der Waals surface area contributed by atoms with E-state index < -0.39 is 0 Å². The van der Waals surface area contributed by atoms with E-state index in [0.29, 0.717) is 13.0 Å². The van der Waals surface area contributed by atoms with Crippen LogP contribution in [0.25, 0.3) is 0 Å². The van der Waals surface area contributed by atoms with Gasteiger partial charge in [-0.2, -0.15) is 11.8 Å². The molecule has 2 atom stereocenters. The number of thioether (sulfide) groups is 1. The van der Waals surface area contributed by atoms with Gasteiger partial charge in [0.05, 0.1) is 23.8 Å². The zero-order chi connectivity index (χ0) is 13.8. The smallest absolute Gasteiger partial charge is 0.240 e. The summed E-state index contributed by atoms with van der Waals surface area (Å²) in [6.07, 6.45) is 5.50. The van der Waals surface area contributed by atoms with E-state index in [1.807, 2.05) is 23.7 Å². The van der Waals surface area contributed by atoms with Crippen molar-refractivity contribution in [2.24, 2.45) is 0 Å². The Kier molecular flexibility index (Phi) is 4.87. The molecular weight excluding hydrogens is 260 g/mol. The maximum Gasteiger partial charge on any atom is 0.240 e. The third-order valence-corrected chi connectivity index (χ3v) is 4.42. The van der Waals surface area contributed by atoms with Gasteiger partial charge in [0.15, 0.2) is 0 Å². The first-order chi connectivity index (χ1) is 9.13. The summed E-state index contributed by atoms with van der Waals surface area (Å²) in [6, 6.07) is 0.139. The Labute approximate surface area is 118 Å². The number of likely N-dealkylation sites (N-methyl/N-ethyl adjacent to an activating group) is 1. The summed E-state index contributed by atoms with van der Waals surface area (Å²) >= 11 is 1.82. The monoisotopic (exact) mass is 282 g/mol. The van der Waals surface area contributed by atoms with Crippen molar-refractivity contribution in [3.05, 3.63) is 17.7 Å². The molecule has 0 aromatic carbocycles. The molecule has 6 heteroatoms. The molecule has 0 bridgehead atoms. The summed E-state index contributed by atoms with van der Waals surface area (Å²) in [5.74, 6) is 1.25. The molecular formula is C13H22N4OS. The second-order valence-electron chi connectivity index (χ2n) is 5.05. The fourth-order valence-electron chi connectivity index (χ4n) is 2.29. The van der Waals surface area contributed by atoms with Crippen molar-refractivity contribution in [2.75, 3.05) is 19.1 Å². The Balaban J connectivity index is 1.93. The van der Waals surface area contributed by atoms with Crippen LogP contribution >= 0.6 is 11.8 Å². The molecule has 1 aliphatic heterocycles. The molecule has 106 valence electrons. The Morgan fingerprint density at radius 1 is 1.68 bits per heavy atom. The molecule has 2 unspecified atom stereocenters. The third-order valence-electron chi connectivity index (χ3n) is 3.78. The summed E-state index contributed by atoms with van der Waals surface area (Å²) < 4.78 is 0. The highest BCUT2D eigenvalue weighted by Crippen LogP contribution is 2.15. The van der Waals surface area contributed by atoms with Crippen LogP contribution in [0.15, 0.2) is 6.33 Å². The summed E-state index contributed by atoms with van der Waals surface area (Å²) in [5.41, 5.74) is 2.12. The number of nitrogens with one attached hydrogen (secondary N) is 2. The molecule has 5 nitrogen and oxygen atoms in total. The fourth-order valence-corrected chi connectivity index (χ4v) is 2.87. The lowest BCUT2D eigenvalue weighted by molar-refractivity contribution is -0.134. The van der Waals surface area contributed by atoms with Gasteiger partial charge in [0.1, 0.15) is 0 Å². The number of amides is 1. The summed E-state index contributed by atoms with van der Waals surface area (Å²) in [7, 11) is 1.90. The van der Waals surface area contributed by atoms with Gasteiger partial charge in [-0.05, 0) is 25.4 Å². The van der Waals surface area contributed by atoms with Gasteiger partial charge in [-0.1, -0.05) is 0 Å². The second kappa shape index (κ2) is 6.43. The standard InChI is InChI=1S/C13H22N4OS/c1-9(4-5-19-3)17(2)13(18)11-6-10-12(7-14-11)16-8-15-10/h8-9,11,14H,4-7H2,1-3H3,(H,15,16). The van der Waals surface area contributed by atoms with Crippen LogP contribution < -0.4 is 5.32 Å². The number of aromatic nitrogens is 2. The number of rotatable bonds is 5. The minimum Gasteiger partial charge on any atom is -0.347 e. The summed E-state index contributed by atoms with van der Waals surface area (Å²) in [6.45, 7) is 2.80. The number of hydrogen-bond acceptors (Lipinski definition) is 4. The van der Waals surface area contributed by atoms with Crippen molar-refractivity contribution >= 4 is 17.7 Å². The predicted octanol–water partition coefficient (Wildman–Crippen LogP) is 1.02. The second-order valence-corrected chi connectivity index (χ2v) is 6.03. The lowest BCUT2D eigenvalue weighted by atomic mass is 10.0. The van der Waals surface area contributed by atoms with E-state index in [1.54, 1.807) is 6.33 Å². The van der Waals surface area contributed by atoms with Crippen LogP contribution in [0.3, 0.4) is 0 Å². The van der Waals surface area contributed by atoms with Crippen LogP contribution in [0.5, 0.6) is 0 Å². The van der Waals surface area contributed by atoms with E-state index >= 15 is 0 Å². The van der Waals surface area contributed by atoms with Crippen molar-refractivity contribution in [3.8, 4) is 0 Å². The topological polar surface area (TPSA) is 61.0 Å². The number of imidazole rings is 1. The number of H-pyrrole nitrogens is 1. The highest BCUT2D eigenvalue weighted by Gasteiger charge is 2.29. The first-order valence-electron chi connectivity index (χ1n) is 6.63. The van der Waals surface area contributed by atoms with Crippen molar-refractivity contribution in [2.45, 2.75) is 38.4 Å². The first kappa shape index (κ1) is 14.4. The van der Waals surface area contributed by atoms with Crippen molar-refractivity contribution in [1.29, 1.82) is 0 Å². The molecule has 2 N–H and O–H groups in total. The maximum atomic E-state index is 12.5. The lowest BCUT2D eigenvalue weighted by Crippen LogP contribution is -2.50.